The highest BCUT2D eigenvalue weighted by Gasteiger charge is 2.31. The third-order valence-electron chi connectivity index (χ3n) is 1.79. The molecular weight excluding hydrogens is 273 g/mol. The Morgan fingerprint density at radius 2 is 1.83 bits per heavy atom. The van der Waals surface area contributed by atoms with Crippen molar-refractivity contribution in [1.29, 1.82) is 0 Å². The van der Waals surface area contributed by atoms with Gasteiger partial charge in [-0.15, -0.1) is 13.2 Å². The molecule has 0 aromatic carbocycles. The fourth-order valence-electron chi connectivity index (χ4n) is 1.11. The van der Waals surface area contributed by atoms with Crippen LogP contribution in [0.15, 0.2) is 24.9 Å². The molecule has 0 unspecified atom stereocenters. The van der Waals surface area contributed by atoms with Crippen LogP contribution in [0, 0.1) is 0 Å². The standard InChI is InChI=1S/C9H4ClF3N4O/c10-8-5(1-14-4-17-8)6-2-16-7(3-15-6)18-9(11,12)13/h1-4H. The first-order valence-electron chi connectivity index (χ1n) is 4.49. The third kappa shape index (κ3) is 3.04. The molecular formula is C9H4ClF3N4O. The fourth-order valence-corrected chi connectivity index (χ4v) is 1.30. The molecule has 0 saturated carbocycles. The highest BCUT2D eigenvalue weighted by atomic mass is 35.5. The zero-order valence-corrected chi connectivity index (χ0v) is 9.27. The Hall–Kier alpha value is -1.96. The molecule has 0 bridgehead atoms. The van der Waals surface area contributed by atoms with E-state index in [9.17, 15) is 13.2 Å². The van der Waals surface area contributed by atoms with Crippen molar-refractivity contribution in [3.05, 3.63) is 30.1 Å². The molecule has 2 heterocycles. The Balaban J connectivity index is 2.26. The minimum absolute atomic E-state index is 0.129. The molecule has 5 nitrogen and oxygen atoms in total. The Bertz CT molecular complexity index is 546. The van der Waals surface area contributed by atoms with Crippen molar-refractivity contribution in [3.63, 3.8) is 0 Å². The maximum Gasteiger partial charge on any atom is 0.574 e. The molecule has 0 amide bonds. The lowest BCUT2D eigenvalue weighted by Crippen LogP contribution is -2.18. The molecule has 18 heavy (non-hydrogen) atoms. The van der Waals surface area contributed by atoms with Crippen LogP contribution in [0.2, 0.25) is 5.15 Å². The van der Waals surface area contributed by atoms with Crippen molar-refractivity contribution >= 4 is 11.6 Å². The van der Waals surface area contributed by atoms with E-state index in [1.165, 1.54) is 12.5 Å². The summed E-state index contributed by atoms with van der Waals surface area (Å²) in [4.78, 5) is 14.6. The highest BCUT2D eigenvalue weighted by molar-refractivity contribution is 6.31. The number of halogens is 4. The van der Waals surface area contributed by atoms with E-state index in [1.807, 2.05) is 0 Å². The maximum atomic E-state index is 11.9. The van der Waals surface area contributed by atoms with Crippen molar-refractivity contribution in [3.8, 4) is 17.1 Å². The van der Waals surface area contributed by atoms with Gasteiger partial charge in [0, 0.05) is 6.20 Å². The SMILES string of the molecule is FC(F)(F)Oc1cnc(-c2cncnc2Cl)cn1. The first kappa shape index (κ1) is 12.5. The topological polar surface area (TPSA) is 60.8 Å². The Labute approximate surface area is 104 Å². The largest absolute Gasteiger partial charge is 0.574 e. The Morgan fingerprint density at radius 1 is 1.06 bits per heavy atom. The van der Waals surface area contributed by atoms with Gasteiger partial charge in [-0.2, -0.15) is 0 Å². The van der Waals surface area contributed by atoms with Crippen LogP contribution in [0.5, 0.6) is 5.88 Å². The lowest BCUT2D eigenvalue weighted by molar-refractivity contribution is -0.276. The van der Waals surface area contributed by atoms with E-state index in [0.717, 1.165) is 12.4 Å². The van der Waals surface area contributed by atoms with E-state index in [4.69, 9.17) is 11.6 Å². The molecule has 0 aliphatic carbocycles. The molecule has 0 spiro atoms. The predicted octanol–water partition coefficient (Wildman–Crippen LogP) is 2.49. The first-order chi connectivity index (χ1) is 8.46. The van der Waals surface area contributed by atoms with E-state index >= 15 is 0 Å². The molecule has 0 saturated heterocycles. The van der Waals surface area contributed by atoms with E-state index < -0.39 is 12.2 Å². The van der Waals surface area contributed by atoms with Gasteiger partial charge < -0.3 is 4.74 Å². The van der Waals surface area contributed by atoms with Crippen LogP contribution in [-0.4, -0.2) is 26.3 Å². The van der Waals surface area contributed by atoms with Gasteiger partial charge in [0.2, 0.25) is 5.88 Å². The third-order valence-corrected chi connectivity index (χ3v) is 2.09. The van der Waals surface area contributed by atoms with Gasteiger partial charge in [0.1, 0.15) is 11.5 Å². The molecule has 0 radical (unpaired) electrons. The minimum atomic E-state index is -4.80. The van der Waals surface area contributed by atoms with Crippen LogP contribution in [0.25, 0.3) is 11.3 Å². The van der Waals surface area contributed by atoms with Crippen molar-refractivity contribution in [2.75, 3.05) is 0 Å². The van der Waals surface area contributed by atoms with Crippen LogP contribution in [0.3, 0.4) is 0 Å². The molecule has 9 heteroatoms. The van der Waals surface area contributed by atoms with E-state index in [0.29, 0.717) is 5.56 Å². The molecule has 0 aliphatic heterocycles. The lowest BCUT2D eigenvalue weighted by Gasteiger charge is -2.07. The average Bonchev–Trinajstić information content (AvgIpc) is 2.29. The lowest BCUT2D eigenvalue weighted by atomic mass is 10.2. The summed E-state index contributed by atoms with van der Waals surface area (Å²) < 4.78 is 39.3. The van der Waals surface area contributed by atoms with Crippen molar-refractivity contribution < 1.29 is 17.9 Å². The van der Waals surface area contributed by atoms with Crippen LogP contribution < -0.4 is 4.74 Å². The van der Waals surface area contributed by atoms with Crippen molar-refractivity contribution in [2.45, 2.75) is 6.36 Å². The number of alkyl halides is 3. The Kier molecular flexibility index (Phi) is 3.28. The average molecular weight is 277 g/mol. The van der Waals surface area contributed by atoms with Gasteiger partial charge in [0.05, 0.1) is 23.7 Å². The van der Waals surface area contributed by atoms with Crippen LogP contribution in [0.1, 0.15) is 0 Å². The molecule has 2 aromatic rings. The molecule has 0 N–H and O–H groups in total. The van der Waals surface area contributed by atoms with E-state index in [-0.39, 0.29) is 10.8 Å². The number of hydrogen-bond acceptors (Lipinski definition) is 5. The van der Waals surface area contributed by atoms with Gasteiger partial charge in [-0.3, -0.25) is 0 Å². The summed E-state index contributed by atoms with van der Waals surface area (Å²) in [6.45, 7) is 0. The molecule has 0 aliphatic rings. The summed E-state index contributed by atoms with van der Waals surface area (Å²) in [7, 11) is 0. The van der Waals surface area contributed by atoms with Crippen molar-refractivity contribution in [1.82, 2.24) is 19.9 Å². The minimum Gasteiger partial charge on any atom is -0.386 e. The summed E-state index contributed by atoms with van der Waals surface area (Å²) in [6.07, 6.45) is -0.258. The zero-order valence-electron chi connectivity index (χ0n) is 8.52. The van der Waals surface area contributed by atoms with Crippen LogP contribution >= 0.6 is 11.6 Å². The predicted molar refractivity (Wildman–Crippen MR) is 54.8 cm³/mol. The van der Waals surface area contributed by atoms with Gasteiger partial charge in [-0.25, -0.2) is 19.9 Å². The zero-order chi connectivity index (χ0) is 13.2. The fraction of sp³-hybridized carbons (Fsp3) is 0.111. The van der Waals surface area contributed by atoms with E-state index in [1.54, 1.807) is 0 Å². The summed E-state index contributed by atoms with van der Waals surface area (Å²) in [6, 6.07) is 0. The second kappa shape index (κ2) is 4.73. The molecule has 0 atom stereocenters. The van der Waals surface area contributed by atoms with Crippen LogP contribution in [0.4, 0.5) is 13.2 Å². The quantitative estimate of drug-likeness (QED) is 0.789. The second-order valence-electron chi connectivity index (χ2n) is 3.01. The van der Waals surface area contributed by atoms with Crippen LogP contribution in [-0.2, 0) is 0 Å². The summed E-state index contributed by atoms with van der Waals surface area (Å²) in [5.74, 6) is -0.653. The van der Waals surface area contributed by atoms with E-state index in [2.05, 4.69) is 24.7 Å². The second-order valence-corrected chi connectivity index (χ2v) is 3.37. The summed E-state index contributed by atoms with van der Waals surface area (Å²) in [5, 5.41) is 0.129. The van der Waals surface area contributed by atoms with Gasteiger partial charge in [0.15, 0.2) is 0 Å². The van der Waals surface area contributed by atoms with Gasteiger partial charge in [0.25, 0.3) is 0 Å². The summed E-state index contributed by atoms with van der Waals surface area (Å²) >= 11 is 5.77. The Morgan fingerprint density at radius 3 is 2.39 bits per heavy atom. The molecule has 2 rings (SSSR count). The number of ether oxygens (including phenoxy) is 1. The highest BCUT2D eigenvalue weighted by Crippen LogP contribution is 2.24. The normalized spacial score (nSPS) is 11.3. The number of nitrogens with zero attached hydrogens (tertiary/aromatic N) is 4. The number of aromatic nitrogens is 4. The monoisotopic (exact) mass is 276 g/mol. The number of rotatable bonds is 2. The molecule has 0 fully saturated rings. The summed E-state index contributed by atoms with van der Waals surface area (Å²) in [5.41, 5.74) is 0.611. The maximum absolute atomic E-state index is 11.9. The smallest absolute Gasteiger partial charge is 0.386 e. The van der Waals surface area contributed by atoms with Crippen molar-refractivity contribution in [2.24, 2.45) is 0 Å². The number of hydrogen-bond donors (Lipinski definition) is 0. The van der Waals surface area contributed by atoms with Gasteiger partial charge in [-0.05, 0) is 0 Å². The molecule has 2 aromatic heterocycles. The van der Waals surface area contributed by atoms with Gasteiger partial charge in [-0.1, -0.05) is 11.6 Å². The molecule has 94 valence electrons. The first-order valence-corrected chi connectivity index (χ1v) is 4.87. The van der Waals surface area contributed by atoms with Gasteiger partial charge >= 0.3 is 6.36 Å².